The molecule has 1 atom stereocenters. The normalized spacial score (nSPS) is 21.2. The molecular formula is C11H15ClN2OS. The molecule has 2 N–H and O–H groups in total. The zero-order valence-electron chi connectivity index (χ0n) is 9.20. The third kappa shape index (κ3) is 2.24. The van der Waals surface area contributed by atoms with Crippen LogP contribution >= 0.6 is 22.9 Å². The van der Waals surface area contributed by atoms with Crippen molar-refractivity contribution in [2.45, 2.75) is 25.8 Å². The van der Waals surface area contributed by atoms with Crippen molar-refractivity contribution in [1.29, 1.82) is 0 Å². The van der Waals surface area contributed by atoms with Gasteiger partial charge in [0.1, 0.15) is 4.88 Å². The van der Waals surface area contributed by atoms with Crippen molar-refractivity contribution in [3.63, 3.8) is 0 Å². The molecule has 16 heavy (non-hydrogen) atoms. The first-order valence-corrected chi connectivity index (χ1v) is 6.64. The van der Waals surface area contributed by atoms with E-state index in [1.807, 2.05) is 17.2 Å². The molecule has 0 radical (unpaired) electrons. The number of piperidine rings is 1. The first-order valence-electron chi connectivity index (χ1n) is 5.38. The van der Waals surface area contributed by atoms with Crippen LogP contribution in [0.1, 0.15) is 28.1 Å². The highest BCUT2D eigenvalue weighted by molar-refractivity contribution is 7.13. The topological polar surface area (TPSA) is 46.3 Å². The summed E-state index contributed by atoms with van der Waals surface area (Å²) in [4.78, 5) is 14.6. The summed E-state index contributed by atoms with van der Waals surface area (Å²) in [5, 5.41) is 2.51. The fourth-order valence-electron chi connectivity index (χ4n) is 1.91. The van der Waals surface area contributed by atoms with Gasteiger partial charge in [-0.05, 0) is 30.7 Å². The molecule has 88 valence electrons. The molecule has 0 aliphatic carbocycles. The van der Waals surface area contributed by atoms with Crippen molar-refractivity contribution in [3.05, 3.63) is 20.8 Å². The van der Waals surface area contributed by atoms with E-state index in [9.17, 15) is 4.79 Å². The largest absolute Gasteiger partial charge is 0.336 e. The highest BCUT2D eigenvalue weighted by atomic mass is 35.5. The fraction of sp³-hybridized carbons (Fsp3) is 0.545. The lowest BCUT2D eigenvalue weighted by atomic mass is 10.1. The van der Waals surface area contributed by atoms with Gasteiger partial charge in [0.05, 0.1) is 5.02 Å². The van der Waals surface area contributed by atoms with Crippen molar-refractivity contribution in [2.75, 3.05) is 13.1 Å². The number of halogens is 1. The third-order valence-corrected chi connectivity index (χ3v) is 4.52. The molecule has 1 amide bonds. The van der Waals surface area contributed by atoms with Gasteiger partial charge >= 0.3 is 0 Å². The number of nitrogens with two attached hydrogens (primary N) is 1. The number of likely N-dealkylation sites (tertiary alicyclic amines) is 1. The molecule has 0 spiro atoms. The molecule has 1 saturated heterocycles. The molecule has 1 unspecified atom stereocenters. The maximum atomic E-state index is 12.2. The van der Waals surface area contributed by atoms with E-state index in [4.69, 9.17) is 17.3 Å². The van der Waals surface area contributed by atoms with Gasteiger partial charge in [-0.25, -0.2) is 0 Å². The van der Waals surface area contributed by atoms with Crippen LogP contribution in [0.2, 0.25) is 5.02 Å². The number of thiophene rings is 1. The minimum Gasteiger partial charge on any atom is -0.336 e. The maximum Gasteiger partial charge on any atom is 0.265 e. The predicted molar refractivity (Wildman–Crippen MR) is 67.2 cm³/mol. The maximum absolute atomic E-state index is 12.2. The SMILES string of the molecule is Cc1csc(C(=O)N2CCCC(N)C2)c1Cl. The minimum absolute atomic E-state index is 0.0262. The minimum atomic E-state index is 0.0262. The van der Waals surface area contributed by atoms with Gasteiger partial charge in [-0.15, -0.1) is 11.3 Å². The quantitative estimate of drug-likeness (QED) is 0.840. The summed E-state index contributed by atoms with van der Waals surface area (Å²) in [5.41, 5.74) is 6.83. The molecule has 0 bridgehead atoms. The molecule has 1 aliphatic rings. The molecular weight excluding hydrogens is 244 g/mol. The number of nitrogens with zero attached hydrogens (tertiary/aromatic N) is 1. The van der Waals surface area contributed by atoms with Crippen molar-refractivity contribution in [2.24, 2.45) is 5.73 Å². The Balaban J connectivity index is 2.15. The lowest BCUT2D eigenvalue weighted by molar-refractivity contribution is 0.0714. The van der Waals surface area contributed by atoms with Gasteiger partial charge < -0.3 is 10.6 Å². The van der Waals surface area contributed by atoms with Crippen LogP contribution in [-0.2, 0) is 0 Å². The van der Waals surface area contributed by atoms with Crippen LogP contribution in [0.5, 0.6) is 0 Å². The summed E-state index contributed by atoms with van der Waals surface area (Å²) < 4.78 is 0. The molecule has 0 aromatic carbocycles. The van der Waals surface area contributed by atoms with Crippen LogP contribution < -0.4 is 5.73 Å². The van der Waals surface area contributed by atoms with Crippen LogP contribution in [0.15, 0.2) is 5.38 Å². The second kappa shape index (κ2) is 4.73. The van der Waals surface area contributed by atoms with Gasteiger partial charge in [-0.1, -0.05) is 11.6 Å². The lowest BCUT2D eigenvalue weighted by Gasteiger charge is -2.30. The predicted octanol–water partition coefficient (Wildman–Crippen LogP) is 2.27. The number of carbonyl (C=O) groups excluding carboxylic acids is 1. The van der Waals surface area contributed by atoms with Crippen LogP contribution in [0.3, 0.4) is 0 Å². The number of hydrogen-bond donors (Lipinski definition) is 1. The zero-order chi connectivity index (χ0) is 11.7. The molecule has 1 fully saturated rings. The number of hydrogen-bond acceptors (Lipinski definition) is 3. The van der Waals surface area contributed by atoms with Crippen LogP contribution in [-0.4, -0.2) is 29.9 Å². The van der Waals surface area contributed by atoms with Gasteiger partial charge in [0, 0.05) is 19.1 Å². The van der Waals surface area contributed by atoms with Crippen LogP contribution in [0, 0.1) is 6.92 Å². The van der Waals surface area contributed by atoms with Crippen LogP contribution in [0.4, 0.5) is 0 Å². The van der Waals surface area contributed by atoms with Crippen molar-refractivity contribution in [3.8, 4) is 0 Å². The number of amides is 1. The van der Waals surface area contributed by atoms with E-state index in [2.05, 4.69) is 0 Å². The third-order valence-electron chi connectivity index (χ3n) is 2.84. The van der Waals surface area contributed by atoms with E-state index in [0.29, 0.717) is 16.4 Å². The van der Waals surface area contributed by atoms with Crippen LogP contribution in [0.25, 0.3) is 0 Å². The monoisotopic (exact) mass is 258 g/mol. The highest BCUT2D eigenvalue weighted by Gasteiger charge is 2.25. The Morgan fingerprint density at radius 3 is 3.00 bits per heavy atom. The van der Waals surface area contributed by atoms with E-state index in [1.54, 1.807) is 0 Å². The number of aryl methyl sites for hydroxylation is 1. The average molecular weight is 259 g/mol. The van der Waals surface area contributed by atoms with E-state index < -0.39 is 0 Å². The highest BCUT2D eigenvalue weighted by Crippen LogP contribution is 2.29. The molecule has 5 heteroatoms. The summed E-state index contributed by atoms with van der Waals surface area (Å²) in [6.07, 6.45) is 1.98. The lowest BCUT2D eigenvalue weighted by Crippen LogP contribution is -2.45. The standard InChI is InChI=1S/C11H15ClN2OS/c1-7-6-16-10(9(7)12)11(15)14-4-2-3-8(13)5-14/h6,8H,2-5,13H2,1H3. The number of rotatable bonds is 1. The first kappa shape index (κ1) is 11.9. The first-order chi connectivity index (χ1) is 7.59. The summed E-state index contributed by atoms with van der Waals surface area (Å²) in [5.74, 6) is 0.0262. The van der Waals surface area contributed by atoms with Gasteiger partial charge in [0.2, 0.25) is 0 Å². The molecule has 2 heterocycles. The van der Waals surface area contributed by atoms with E-state index in [0.717, 1.165) is 24.9 Å². The Morgan fingerprint density at radius 2 is 2.44 bits per heavy atom. The zero-order valence-corrected chi connectivity index (χ0v) is 10.8. The number of carbonyl (C=O) groups is 1. The molecule has 1 aromatic rings. The van der Waals surface area contributed by atoms with E-state index in [1.165, 1.54) is 11.3 Å². The van der Waals surface area contributed by atoms with Gasteiger partial charge in [0.15, 0.2) is 0 Å². The Kier molecular flexibility index (Phi) is 3.52. The molecule has 0 saturated carbocycles. The molecule has 3 nitrogen and oxygen atoms in total. The summed E-state index contributed by atoms with van der Waals surface area (Å²) in [7, 11) is 0. The average Bonchev–Trinajstić information content (AvgIpc) is 2.59. The second-order valence-corrected chi connectivity index (χ2v) is 5.47. The second-order valence-electron chi connectivity index (χ2n) is 4.22. The van der Waals surface area contributed by atoms with Crippen molar-refractivity contribution in [1.82, 2.24) is 4.90 Å². The Labute approximate surface area is 104 Å². The smallest absolute Gasteiger partial charge is 0.265 e. The fourth-order valence-corrected chi connectivity index (χ4v) is 3.15. The Hall–Kier alpha value is -0.580. The van der Waals surface area contributed by atoms with Gasteiger partial charge in [-0.2, -0.15) is 0 Å². The van der Waals surface area contributed by atoms with Gasteiger partial charge in [0.25, 0.3) is 5.91 Å². The molecule has 1 aliphatic heterocycles. The van der Waals surface area contributed by atoms with Crippen molar-refractivity contribution >= 4 is 28.8 Å². The van der Waals surface area contributed by atoms with E-state index >= 15 is 0 Å². The Morgan fingerprint density at radius 1 is 1.69 bits per heavy atom. The van der Waals surface area contributed by atoms with Gasteiger partial charge in [-0.3, -0.25) is 4.79 Å². The van der Waals surface area contributed by atoms with E-state index in [-0.39, 0.29) is 11.9 Å². The summed E-state index contributed by atoms with van der Waals surface area (Å²) in [6, 6.07) is 0.109. The molecule has 2 rings (SSSR count). The summed E-state index contributed by atoms with van der Waals surface area (Å²) in [6.45, 7) is 3.35. The molecule has 1 aromatic heterocycles. The summed E-state index contributed by atoms with van der Waals surface area (Å²) >= 11 is 7.51. The Bertz CT molecular complexity index is 405. The van der Waals surface area contributed by atoms with Crippen molar-refractivity contribution < 1.29 is 4.79 Å².